The summed E-state index contributed by atoms with van der Waals surface area (Å²) in [4.78, 5) is 41.6. The molecule has 0 aromatic heterocycles. The first-order chi connectivity index (χ1) is 14.9. The first-order valence-corrected chi connectivity index (χ1v) is 10.8. The van der Waals surface area contributed by atoms with Crippen molar-refractivity contribution >= 4 is 17.8 Å². The Morgan fingerprint density at radius 2 is 1.71 bits per heavy atom. The van der Waals surface area contributed by atoms with Crippen molar-refractivity contribution in [2.24, 2.45) is 11.8 Å². The summed E-state index contributed by atoms with van der Waals surface area (Å²) in [6.45, 7) is 6.00. The second-order valence-electron chi connectivity index (χ2n) is 8.26. The van der Waals surface area contributed by atoms with Gasteiger partial charge in [-0.25, -0.2) is 0 Å². The molecule has 2 amide bonds. The number of rotatable bonds is 6. The van der Waals surface area contributed by atoms with E-state index in [1.807, 2.05) is 61.5 Å². The van der Waals surface area contributed by atoms with Crippen LogP contribution in [0, 0.1) is 18.8 Å². The highest BCUT2D eigenvalue weighted by Gasteiger charge is 2.68. The number of nitrogens with zero attached hydrogens (tertiary/aromatic N) is 1. The predicted octanol–water partition coefficient (Wildman–Crippen LogP) is 2.81. The molecule has 0 aliphatic carbocycles. The zero-order valence-corrected chi connectivity index (χ0v) is 18.1. The average Bonchev–Trinajstić information content (AvgIpc) is 3.23. The zero-order valence-electron chi connectivity index (χ0n) is 18.1. The van der Waals surface area contributed by atoms with Crippen LogP contribution in [0.2, 0.25) is 0 Å². The first kappa shape index (κ1) is 21.2. The van der Waals surface area contributed by atoms with E-state index in [1.54, 1.807) is 13.8 Å². The molecule has 1 N–H and O–H groups in total. The van der Waals surface area contributed by atoms with Gasteiger partial charge in [0, 0.05) is 19.0 Å². The summed E-state index contributed by atoms with van der Waals surface area (Å²) in [6.07, 6.45) is 0.271. The highest BCUT2D eigenvalue weighted by atomic mass is 16.5. The summed E-state index contributed by atoms with van der Waals surface area (Å²) in [5.41, 5.74) is 1.53. The highest BCUT2D eigenvalue weighted by Crippen LogP contribution is 2.50. The molecule has 0 radical (unpaired) electrons. The van der Waals surface area contributed by atoms with E-state index in [1.165, 1.54) is 4.90 Å². The molecule has 0 saturated carbocycles. The Bertz CT molecular complexity index is 1010. The second kappa shape index (κ2) is 8.27. The van der Waals surface area contributed by atoms with Gasteiger partial charge in [-0.2, -0.15) is 0 Å². The summed E-state index contributed by atoms with van der Waals surface area (Å²) >= 11 is 0. The van der Waals surface area contributed by atoms with Crippen LogP contribution in [0.25, 0.3) is 0 Å². The Hall–Kier alpha value is -2.99. The minimum Gasteiger partial charge on any atom is -0.465 e. The van der Waals surface area contributed by atoms with Crippen molar-refractivity contribution in [1.29, 1.82) is 0 Å². The molecule has 2 aromatic rings. The van der Waals surface area contributed by atoms with Crippen LogP contribution in [0.4, 0.5) is 0 Å². The summed E-state index contributed by atoms with van der Waals surface area (Å²) in [6, 6.07) is 16.9. The van der Waals surface area contributed by atoms with E-state index < -0.39 is 29.4 Å². The van der Waals surface area contributed by atoms with Gasteiger partial charge < -0.3 is 4.74 Å². The monoisotopic (exact) mass is 420 g/mol. The average molecular weight is 421 g/mol. The predicted molar refractivity (Wildman–Crippen MR) is 116 cm³/mol. The summed E-state index contributed by atoms with van der Waals surface area (Å²) in [5.74, 6) is -2.47. The molecule has 4 atom stereocenters. The lowest BCUT2D eigenvalue weighted by Crippen LogP contribution is -2.58. The molecule has 2 aliphatic heterocycles. The lowest BCUT2D eigenvalue weighted by molar-refractivity contribution is -0.156. The van der Waals surface area contributed by atoms with E-state index in [0.717, 1.165) is 16.7 Å². The number of likely N-dealkylation sites (tertiary alicyclic amines) is 1. The molecular weight excluding hydrogens is 392 g/mol. The number of ether oxygens (including phenoxy) is 1. The SMILES string of the molecule is CCOC(=O)[C@]1(Cc2ccccc2)N[C@@H](c2ccccc2C)[C@H]2C(=O)N(CC)C(=O)[C@@H]21. The number of imide groups is 1. The van der Waals surface area contributed by atoms with Crippen molar-refractivity contribution in [3.05, 3.63) is 71.3 Å². The minimum atomic E-state index is -1.31. The van der Waals surface area contributed by atoms with Crippen LogP contribution < -0.4 is 5.32 Å². The van der Waals surface area contributed by atoms with Crippen LogP contribution in [-0.4, -0.2) is 41.4 Å². The first-order valence-electron chi connectivity index (χ1n) is 10.8. The third-order valence-electron chi connectivity index (χ3n) is 6.55. The van der Waals surface area contributed by atoms with Crippen molar-refractivity contribution in [1.82, 2.24) is 10.2 Å². The molecule has 2 aliphatic rings. The van der Waals surface area contributed by atoms with Crippen LogP contribution in [0.5, 0.6) is 0 Å². The second-order valence-corrected chi connectivity index (χ2v) is 8.26. The third kappa shape index (κ3) is 3.35. The maximum atomic E-state index is 13.5. The van der Waals surface area contributed by atoms with Crippen LogP contribution in [-0.2, 0) is 25.5 Å². The van der Waals surface area contributed by atoms with E-state index in [9.17, 15) is 14.4 Å². The molecule has 2 heterocycles. The number of esters is 1. The van der Waals surface area contributed by atoms with Crippen molar-refractivity contribution in [2.45, 2.75) is 38.8 Å². The van der Waals surface area contributed by atoms with Crippen molar-refractivity contribution in [3.8, 4) is 0 Å². The van der Waals surface area contributed by atoms with Crippen molar-refractivity contribution < 1.29 is 19.1 Å². The molecule has 4 rings (SSSR count). The number of carbonyl (C=O) groups excluding carboxylic acids is 3. The molecule has 162 valence electrons. The molecule has 6 heteroatoms. The van der Waals surface area contributed by atoms with Crippen LogP contribution in [0.15, 0.2) is 54.6 Å². The minimum absolute atomic E-state index is 0.198. The van der Waals surface area contributed by atoms with Gasteiger partial charge in [0.15, 0.2) is 0 Å². The lowest BCUT2D eigenvalue weighted by atomic mass is 9.76. The smallest absolute Gasteiger partial charge is 0.327 e. The number of nitrogens with one attached hydrogen (secondary N) is 1. The molecular formula is C25H28N2O4. The Labute approximate surface area is 182 Å². The molecule has 0 unspecified atom stereocenters. The van der Waals surface area contributed by atoms with Crippen LogP contribution in [0.3, 0.4) is 0 Å². The Morgan fingerprint density at radius 3 is 2.35 bits per heavy atom. The fraction of sp³-hybridized carbons (Fsp3) is 0.400. The van der Waals surface area contributed by atoms with Gasteiger partial charge in [-0.3, -0.25) is 24.6 Å². The fourth-order valence-electron chi connectivity index (χ4n) is 5.18. The fourth-order valence-corrected chi connectivity index (χ4v) is 5.18. The van der Waals surface area contributed by atoms with Gasteiger partial charge in [-0.05, 0) is 37.5 Å². The summed E-state index contributed by atoms with van der Waals surface area (Å²) in [5, 5.41) is 3.46. The Morgan fingerprint density at radius 1 is 1.03 bits per heavy atom. The van der Waals surface area contributed by atoms with Crippen molar-refractivity contribution in [3.63, 3.8) is 0 Å². The van der Waals surface area contributed by atoms with E-state index in [-0.39, 0.29) is 31.4 Å². The van der Waals surface area contributed by atoms with Gasteiger partial charge in [0.1, 0.15) is 5.54 Å². The standard InChI is InChI=1S/C25H28N2O4/c1-4-27-22(28)19-20(23(27)29)25(24(30)31-5-2,15-17-12-7-6-8-13-17)26-21(19)18-14-10-9-11-16(18)3/h6-14,19-21,26H,4-5,15H2,1-3H3/t19-,20+,21-,25+/m0/s1. The third-order valence-corrected chi connectivity index (χ3v) is 6.55. The number of hydrogen-bond donors (Lipinski definition) is 1. The van der Waals surface area contributed by atoms with Crippen molar-refractivity contribution in [2.75, 3.05) is 13.2 Å². The van der Waals surface area contributed by atoms with E-state index in [0.29, 0.717) is 0 Å². The number of carbonyl (C=O) groups is 3. The van der Waals surface area contributed by atoms with Gasteiger partial charge in [0.05, 0.1) is 18.4 Å². The lowest BCUT2D eigenvalue weighted by Gasteiger charge is -2.33. The summed E-state index contributed by atoms with van der Waals surface area (Å²) < 4.78 is 5.49. The number of amides is 2. The Balaban J connectivity index is 1.89. The quantitative estimate of drug-likeness (QED) is 0.575. The zero-order chi connectivity index (χ0) is 22.2. The molecule has 2 fully saturated rings. The van der Waals surface area contributed by atoms with Gasteiger partial charge in [-0.15, -0.1) is 0 Å². The molecule has 0 spiro atoms. The molecule has 0 bridgehead atoms. The molecule has 31 heavy (non-hydrogen) atoms. The number of benzene rings is 2. The topological polar surface area (TPSA) is 75.7 Å². The van der Waals surface area contributed by atoms with E-state index >= 15 is 0 Å². The number of aryl methyl sites for hydroxylation is 1. The molecule has 2 aromatic carbocycles. The number of fused-ring (bicyclic) bond motifs is 1. The van der Waals surface area contributed by atoms with Crippen LogP contribution >= 0.6 is 0 Å². The maximum absolute atomic E-state index is 13.5. The van der Waals surface area contributed by atoms with Gasteiger partial charge in [0.25, 0.3) is 0 Å². The molecule has 6 nitrogen and oxygen atoms in total. The summed E-state index contributed by atoms with van der Waals surface area (Å²) in [7, 11) is 0. The van der Waals surface area contributed by atoms with Crippen LogP contribution in [0.1, 0.15) is 36.6 Å². The largest absolute Gasteiger partial charge is 0.465 e. The van der Waals surface area contributed by atoms with Gasteiger partial charge in [0.2, 0.25) is 11.8 Å². The highest BCUT2D eigenvalue weighted by molar-refractivity contribution is 6.09. The Kier molecular flexibility index (Phi) is 5.67. The molecule has 2 saturated heterocycles. The van der Waals surface area contributed by atoms with E-state index in [2.05, 4.69) is 5.32 Å². The number of hydrogen-bond acceptors (Lipinski definition) is 5. The van der Waals surface area contributed by atoms with E-state index in [4.69, 9.17) is 4.74 Å². The van der Waals surface area contributed by atoms with Gasteiger partial charge in [-0.1, -0.05) is 54.6 Å². The van der Waals surface area contributed by atoms with Gasteiger partial charge >= 0.3 is 5.97 Å². The maximum Gasteiger partial charge on any atom is 0.327 e. The normalized spacial score (nSPS) is 27.5.